The van der Waals surface area contributed by atoms with Crippen molar-refractivity contribution in [2.24, 2.45) is 0 Å². The fourth-order valence-corrected chi connectivity index (χ4v) is 6.19. The van der Waals surface area contributed by atoms with Gasteiger partial charge in [-0.3, -0.25) is 0 Å². The summed E-state index contributed by atoms with van der Waals surface area (Å²) in [7, 11) is 0. The van der Waals surface area contributed by atoms with Crippen molar-refractivity contribution >= 4 is 22.3 Å². The topological polar surface area (TPSA) is 143 Å². The Hall–Kier alpha value is -6.98. The molecule has 2 atom stereocenters. The third kappa shape index (κ3) is 4.19. The van der Waals surface area contributed by atoms with Crippen LogP contribution in [0.2, 0.25) is 0 Å². The van der Waals surface area contributed by atoms with Gasteiger partial charge in [-0.2, -0.15) is 31.6 Å². The summed E-state index contributed by atoms with van der Waals surface area (Å²) in [6, 6.07) is 21.1. The Balaban J connectivity index is 1.61. The van der Waals surface area contributed by atoms with Crippen molar-refractivity contribution in [2.45, 2.75) is 12.1 Å². The van der Waals surface area contributed by atoms with Gasteiger partial charge in [-0.1, -0.05) is 24.3 Å². The number of nitrogens with zero attached hydrogens (tertiary/aromatic N) is 6. The van der Waals surface area contributed by atoms with E-state index in [1.54, 1.807) is 12.1 Å². The minimum atomic E-state index is -1.89. The molecule has 0 aromatic heterocycles. The van der Waals surface area contributed by atoms with Crippen molar-refractivity contribution in [1.82, 2.24) is 0 Å². The van der Waals surface area contributed by atoms with Gasteiger partial charge in [0.25, 0.3) is 0 Å². The maximum Gasteiger partial charge on any atom is 0.138 e. The average Bonchev–Trinajstić information content (AvgIpc) is 3.54. The number of alkyl halides is 1. The van der Waals surface area contributed by atoms with Crippen LogP contribution in [0.5, 0.6) is 0 Å². The molecule has 0 radical (unpaired) electrons. The maximum atomic E-state index is 15.1. The van der Waals surface area contributed by atoms with Crippen LogP contribution in [0.25, 0.3) is 33.4 Å². The third-order valence-electron chi connectivity index (χ3n) is 8.03. The summed E-state index contributed by atoms with van der Waals surface area (Å²) in [5, 5.41) is 58.0. The summed E-state index contributed by atoms with van der Waals surface area (Å²) < 4.78 is 60.3. The predicted molar refractivity (Wildman–Crippen MR) is 157 cm³/mol. The molecule has 2 unspecified atom stereocenters. The molecule has 0 saturated heterocycles. The molecule has 10 heteroatoms. The molecule has 3 aliphatic carbocycles. The number of hydrogen-bond acceptors (Lipinski definition) is 6. The van der Waals surface area contributed by atoms with Crippen molar-refractivity contribution in [3.8, 4) is 47.5 Å². The number of nitriles is 6. The molecule has 3 aromatic carbocycles. The van der Waals surface area contributed by atoms with E-state index in [2.05, 4.69) is 0 Å². The molecule has 214 valence electrons. The van der Waals surface area contributed by atoms with Crippen LogP contribution >= 0.6 is 0 Å². The van der Waals surface area contributed by atoms with Gasteiger partial charge in [-0.05, 0) is 69.8 Å². The summed E-state index contributed by atoms with van der Waals surface area (Å²) in [5.41, 5.74) is 0.532. The minimum Gasteiger partial charge on any atom is -0.242 e. The standard InChI is InChI=1S/C36H12F4N6/c37-27-5-17(11-41)6-28(38)33(27)19-1-3-23-25(9-19)31(21(13-43)14-44)36-24-4-2-20(34-29(39)7-18(12-42)8-30(34)40)10-26(24)32(35(23)36)22(15-45)16-46/h1-10,27,33H. The largest absolute Gasteiger partial charge is 0.242 e. The molecule has 0 aliphatic heterocycles. The highest BCUT2D eigenvalue weighted by Crippen LogP contribution is 2.60. The van der Waals surface area contributed by atoms with Gasteiger partial charge >= 0.3 is 0 Å². The van der Waals surface area contributed by atoms with Crippen LogP contribution in [0, 0.1) is 79.6 Å². The zero-order chi connectivity index (χ0) is 32.9. The summed E-state index contributed by atoms with van der Waals surface area (Å²) in [6.07, 6.45) is 0.0325. The number of hydrogen-bond donors (Lipinski definition) is 0. The monoisotopic (exact) mass is 604 g/mol. The summed E-state index contributed by atoms with van der Waals surface area (Å²) >= 11 is 0. The van der Waals surface area contributed by atoms with Crippen LogP contribution in [0.3, 0.4) is 0 Å². The Morgan fingerprint density at radius 2 is 1.17 bits per heavy atom. The molecular formula is C36H12F4N6. The van der Waals surface area contributed by atoms with E-state index in [1.165, 1.54) is 36.4 Å². The first kappa shape index (κ1) is 29.1. The van der Waals surface area contributed by atoms with Gasteiger partial charge in [0, 0.05) is 22.3 Å². The lowest BCUT2D eigenvalue weighted by atomic mass is 9.83. The first-order chi connectivity index (χ1) is 22.2. The Morgan fingerprint density at radius 1 is 0.630 bits per heavy atom. The highest BCUT2D eigenvalue weighted by Gasteiger charge is 2.41. The Kier molecular flexibility index (Phi) is 6.92. The molecule has 0 saturated carbocycles. The molecule has 6 nitrogen and oxygen atoms in total. The van der Waals surface area contributed by atoms with Crippen LogP contribution < -0.4 is 0 Å². The Bertz CT molecular complexity index is 2330. The molecule has 0 bridgehead atoms. The molecule has 3 aromatic rings. The maximum absolute atomic E-state index is 15.1. The smallest absolute Gasteiger partial charge is 0.138 e. The first-order valence-corrected chi connectivity index (χ1v) is 13.4. The number of benzene rings is 3. The highest BCUT2D eigenvalue weighted by atomic mass is 19.1. The van der Waals surface area contributed by atoms with Crippen LogP contribution in [-0.2, 0) is 0 Å². The fraction of sp³-hybridized carbons (Fsp3) is 0.0556. The SMILES string of the molecule is N#CC1=CC(F)C(c2ccc3c(c2)C(=C(C#N)C#N)C2=C3C(=C(C#N)C#N)c3cc(-c4c(F)cc(C#N)cc4F)ccc32)C(F)=C1. The second-order valence-corrected chi connectivity index (χ2v) is 10.4. The van der Waals surface area contributed by atoms with Crippen molar-refractivity contribution in [3.05, 3.63) is 128 Å². The predicted octanol–water partition coefficient (Wildman–Crippen LogP) is 7.78. The van der Waals surface area contributed by atoms with E-state index in [1.807, 2.05) is 24.3 Å². The zero-order valence-electron chi connectivity index (χ0n) is 23.1. The molecular weight excluding hydrogens is 592 g/mol. The van der Waals surface area contributed by atoms with E-state index >= 15 is 17.6 Å². The normalized spacial score (nSPS) is 17.1. The molecule has 46 heavy (non-hydrogen) atoms. The lowest BCUT2D eigenvalue weighted by molar-refractivity contribution is 0.329. The zero-order valence-corrected chi connectivity index (χ0v) is 23.1. The minimum absolute atomic E-state index is 0.0346. The van der Waals surface area contributed by atoms with E-state index in [9.17, 15) is 21.0 Å². The molecule has 3 aliphatic rings. The van der Waals surface area contributed by atoms with Crippen LogP contribution in [0.1, 0.15) is 39.3 Å². The second kappa shape index (κ2) is 10.9. The molecule has 0 fully saturated rings. The number of rotatable bonds is 2. The lowest BCUT2D eigenvalue weighted by Crippen LogP contribution is -2.17. The third-order valence-corrected chi connectivity index (χ3v) is 8.03. The number of fused-ring (bicyclic) bond motifs is 4. The van der Waals surface area contributed by atoms with Crippen molar-refractivity contribution < 1.29 is 17.6 Å². The van der Waals surface area contributed by atoms with Crippen molar-refractivity contribution in [2.75, 3.05) is 0 Å². The van der Waals surface area contributed by atoms with Gasteiger partial charge in [0.05, 0.1) is 34.8 Å². The van der Waals surface area contributed by atoms with Crippen molar-refractivity contribution in [1.29, 1.82) is 31.6 Å². The molecule has 0 N–H and O–H groups in total. The van der Waals surface area contributed by atoms with Crippen LogP contribution in [0.4, 0.5) is 17.6 Å². The van der Waals surface area contributed by atoms with E-state index in [0.717, 1.165) is 24.3 Å². The van der Waals surface area contributed by atoms with Gasteiger partial charge in [0.1, 0.15) is 59.1 Å². The highest BCUT2D eigenvalue weighted by molar-refractivity contribution is 6.37. The lowest BCUT2D eigenvalue weighted by Gasteiger charge is -2.22. The fourth-order valence-electron chi connectivity index (χ4n) is 6.19. The summed E-state index contributed by atoms with van der Waals surface area (Å²) in [6.45, 7) is 0. The molecule has 0 heterocycles. The Morgan fingerprint density at radius 3 is 1.67 bits per heavy atom. The van der Waals surface area contributed by atoms with Crippen LogP contribution in [-0.4, -0.2) is 6.17 Å². The van der Waals surface area contributed by atoms with Crippen molar-refractivity contribution in [3.63, 3.8) is 0 Å². The van der Waals surface area contributed by atoms with Gasteiger partial charge in [0.2, 0.25) is 0 Å². The Labute approximate surface area is 259 Å². The number of allylic oxidation sites excluding steroid dienone is 10. The van der Waals surface area contributed by atoms with E-state index in [4.69, 9.17) is 10.5 Å². The van der Waals surface area contributed by atoms with Gasteiger partial charge < -0.3 is 0 Å². The van der Waals surface area contributed by atoms with Gasteiger partial charge in [0.15, 0.2) is 0 Å². The van der Waals surface area contributed by atoms with E-state index in [0.29, 0.717) is 11.1 Å². The summed E-state index contributed by atoms with van der Waals surface area (Å²) in [4.78, 5) is 0. The molecule has 0 spiro atoms. The summed E-state index contributed by atoms with van der Waals surface area (Å²) in [5.74, 6) is -4.33. The van der Waals surface area contributed by atoms with E-state index in [-0.39, 0.29) is 66.8 Å². The first-order valence-electron chi connectivity index (χ1n) is 13.4. The quantitative estimate of drug-likeness (QED) is 0.216. The van der Waals surface area contributed by atoms with Gasteiger partial charge in [-0.15, -0.1) is 0 Å². The van der Waals surface area contributed by atoms with Gasteiger partial charge in [-0.25, -0.2) is 17.6 Å². The number of halogens is 4. The molecule has 0 amide bonds. The average molecular weight is 605 g/mol. The van der Waals surface area contributed by atoms with E-state index < -0.39 is 35.1 Å². The molecule has 6 rings (SSSR count). The second-order valence-electron chi connectivity index (χ2n) is 10.4. The van der Waals surface area contributed by atoms with Crippen LogP contribution in [0.15, 0.2) is 83.2 Å².